The van der Waals surface area contributed by atoms with E-state index in [-0.39, 0.29) is 0 Å². The second-order valence-electron chi connectivity index (χ2n) is 3.33. The van der Waals surface area contributed by atoms with Gasteiger partial charge in [-0.15, -0.1) is 0 Å². The van der Waals surface area contributed by atoms with Crippen LogP contribution in [0.5, 0.6) is 0 Å². The Balaban J connectivity index is 1.79. The zero-order chi connectivity index (χ0) is 8.93. The molecule has 0 bridgehead atoms. The maximum atomic E-state index is 5.29. The molecule has 0 unspecified atom stereocenters. The summed E-state index contributed by atoms with van der Waals surface area (Å²) in [4.78, 5) is 4.19. The predicted octanol–water partition coefficient (Wildman–Crippen LogP) is 1.53. The lowest BCUT2D eigenvalue weighted by atomic mass is 10.1. The van der Waals surface area contributed by atoms with Crippen LogP contribution in [-0.4, -0.2) is 24.7 Å². The first-order valence-corrected chi connectivity index (χ1v) is 4.68. The maximum absolute atomic E-state index is 5.29. The molecule has 0 saturated carbocycles. The maximum Gasteiger partial charge on any atom is 0.125 e. The van der Waals surface area contributed by atoms with Crippen LogP contribution in [0.1, 0.15) is 6.42 Å². The number of hydrogen-bond donors (Lipinski definition) is 1. The number of hydrogen-bond acceptors (Lipinski definition) is 3. The highest BCUT2D eigenvalue weighted by Crippen LogP contribution is 2.12. The summed E-state index contributed by atoms with van der Waals surface area (Å²) in [6.45, 7) is 2.77. The third kappa shape index (κ3) is 2.42. The standard InChI is InChI=1S/C10H14N2O/c1-2-5-11-10(3-1)12-7-9-4-6-13-8-9/h1-3,5,9H,4,6-8H2,(H,11,12)/t9-/m1/s1. The van der Waals surface area contributed by atoms with Crippen LogP contribution in [0.15, 0.2) is 24.4 Å². The molecule has 0 radical (unpaired) electrons. The zero-order valence-corrected chi connectivity index (χ0v) is 7.57. The second kappa shape index (κ2) is 4.23. The van der Waals surface area contributed by atoms with Gasteiger partial charge in [-0.05, 0) is 18.6 Å². The van der Waals surface area contributed by atoms with E-state index >= 15 is 0 Å². The Morgan fingerprint density at radius 1 is 1.54 bits per heavy atom. The number of pyridine rings is 1. The Bertz CT molecular complexity index is 244. The van der Waals surface area contributed by atoms with Crippen LogP contribution >= 0.6 is 0 Å². The second-order valence-corrected chi connectivity index (χ2v) is 3.33. The van der Waals surface area contributed by atoms with Gasteiger partial charge < -0.3 is 10.1 Å². The molecule has 1 N–H and O–H groups in total. The number of nitrogens with one attached hydrogen (secondary N) is 1. The van der Waals surface area contributed by atoms with Crippen molar-refractivity contribution in [1.82, 2.24) is 4.98 Å². The van der Waals surface area contributed by atoms with Crippen molar-refractivity contribution in [2.24, 2.45) is 5.92 Å². The largest absolute Gasteiger partial charge is 0.381 e. The van der Waals surface area contributed by atoms with Crippen molar-refractivity contribution in [2.45, 2.75) is 6.42 Å². The molecular weight excluding hydrogens is 164 g/mol. The van der Waals surface area contributed by atoms with Gasteiger partial charge in [-0.3, -0.25) is 0 Å². The Kier molecular flexibility index (Phi) is 2.77. The van der Waals surface area contributed by atoms with Crippen LogP contribution in [0.4, 0.5) is 5.82 Å². The molecule has 0 aliphatic carbocycles. The molecule has 1 atom stereocenters. The van der Waals surface area contributed by atoms with E-state index in [1.54, 1.807) is 6.20 Å². The van der Waals surface area contributed by atoms with Gasteiger partial charge in [-0.25, -0.2) is 4.98 Å². The summed E-state index contributed by atoms with van der Waals surface area (Å²) in [5, 5.41) is 3.30. The van der Waals surface area contributed by atoms with Crippen LogP contribution in [0.25, 0.3) is 0 Å². The molecule has 1 aromatic rings. The molecule has 1 aliphatic rings. The van der Waals surface area contributed by atoms with E-state index in [4.69, 9.17) is 4.74 Å². The Labute approximate surface area is 78.1 Å². The smallest absolute Gasteiger partial charge is 0.125 e. The molecule has 1 fully saturated rings. The fourth-order valence-electron chi connectivity index (χ4n) is 1.46. The fourth-order valence-corrected chi connectivity index (χ4v) is 1.46. The van der Waals surface area contributed by atoms with Crippen molar-refractivity contribution < 1.29 is 4.74 Å². The van der Waals surface area contributed by atoms with Crippen LogP contribution in [0, 0.1) is 5.92 Å². The van der Waals surface area contributed by atoms with E-state index in [1.165, 1.54) is 6.42 Å². The van der Waals surface area contributed by atoms with Gasteiger partial charge in [0.1, 0.15) is 5.82 Å². The predicted molar refractivity (Wildman–Crippen MR) is 51.7 cm³/mol. The highest BCUT2D eigenvalue weighted by molar-refractivity contribution is 5.32. The Morgan fingerprint density at radius 2 is 2.54 bits per heavy atom. The van der Waals surface area contributed by atoms with Gasteiger partial charge in [-0.2, -0.15) is 0 Å². The van der Waals surface area contributed by atoms with Gasteiger partial charge in [-0.1, -0.05) is 6.07 Å². The average Bonchev–Trinajstić information content (AvgIpc) is 2.69. The molecule has 0 amide bonds. The number of nitrogens with zero attached hydrogens (tertiary/aromatic N) is 1. The van der Waals surface area contributed by atoms with Crippen molar-refractivity contribution in [3.63, 3.8) is 0 Å². The number of ether oxygens (including phenoxy) is 1. The molecule has 2 rings (SSSR count). The van der Waals surface area contributed by atoms with Gasteiger partial charge in [0.15, 0.2) is 0 Å². The van der Waals surface area contributed by atoms with Crippen molar-refractivity contribution >= 4 is 5.82 Å². The number of anilines is 1. The molecule has 2 heterocycles. The van der Waals surface area contributed by atoms with E-state index in [0.717, 1.165) is 25.6 Å². The zero-order valence-electron chi connectivity index (χ0n) is 7.57. The fraction of sp³-hybridized carbons (Fsp3) is 0.500. The number of rotatable bonds is 3. The molecule has 3 heteroatoms. The molecule has 0 spiro atoms. The molecule has 13 heavy (non-hydrogen) atoms. The van der Waals surface area contributed by atoms with Gasteiger partial charge >= 0.3 is 0 Å². The minimum atomic E-state index is 0.655. The van der Waals surface area contributed by atoms with E-state index in [9.17, 15) is 0 Å². The first kappa shape index (κ1) is 8.51. The quantitative estimate of drug-likeness (QED) is 0.762. The SMILES string of the molecule is c1ccc(NC[C@H]2CCOC2)nc1. The molecular formula is C10H14N2O. The Hall–Kier alpha value is -1.09. The van der Waals surface area contributed by atoms with E-state index in [2.05, 4.69) is 10.3 Å². The summed E-state index contributed by atoms with van der Waals surface area (Å²) in [5.41, 5.74) is 0. The lowest BCUT2D eigenvalue weighted by Gasteiger charge is -2.08. The molecule has 0 aromatic carbocycles. The van der Waals surface area contributed by atoms with Crippen molar-refractivity contribution in [1.29, 1.82) is 0 Å². The highest BCUT2D eigenvalue weighted by Gasteiger charge is 2.14. The van der Waals surface area contributed by atoms with Gasteiger partial charge in [0.2, 0.25) is 0 Å². The minimum absolute atomic E-state index is 0.655. The van der Waals surface area contributed by atoms with Crippen molar-refractivity contribution in [3.05, 3.63) is 24.4 Å². The van der Waals surface area contributed by atoms with Crippen molar-refractivity contribution in [2.75, 3.05) is 25.1 Å². The van der Waals surface area contributed by atoms with E-state index < -0.39 is 0 Å². The van der Waals surface area contributed by atoms with Crippen LogP contribution in [0.3, 0.4) is 0 Å². The normalized spacial score (nSPS) is 21.7. The number of aromatic nitrogens is 1. The van der Waals surface area contributed by atoms with Crippen molar-refractivity contribution in [3.8, 4) is 0 Å². The summed E-state index contributed by atoms with van der Waals surface area (Å²) in [6.07, 6.45) is 2.97. The third-order valence-corrected chi connectivity index (χ3v) is 2.26. The molecule has 3 nitrogen and oxygen atoms in total. The van der Waals surface area contributed by atoms with Gasteiger partial charge in [0, 0.05) is 25.3 Å². The van der Waals surface area contributed by atoms with Gasteiger partial charge in [0.05, 0.1) is 6.61 Å². The molecule has 1 saturated heterocycles. The molecule has 1 aliphatic heterocycles. The third-order valence-electron chi connectivity index (χ3n) is 2.26. The topological polar surface area (TPSA) is 34.1 Å². The summed E-state index contributed by atoms with van der Waals surface area (Å²) < 4.78 is 5.29. The lowest BCUT2D eigenvalue weighted by molar-refractivity contribution is 0.187. The average molecular weight is 178 g/mol. The van der Waals surface area contributed by atoms with E-state index in [1.807, 2.05) is 18.2 Å². The highest BCUT2D eigenvalue weighted by atomic mass is 16.5. The van der Waals surface area contributed by atoms with E-state index in [0.29, 0.717) is 5.92 Å². The minimum Gasteiger partial charge on any atom is -0.381 e. The monoisotopic (exact) mass is 178 g/mol. The summed E-state index contributed by atoms with van der Waals surface area (Å²) in [7, 11) is 0. The molecule has 1 aromatic heterocycles. The Morgan fingerprint density at radius 3 is 3.23 bits per heavy atom. The first-order chi connectivity index (χ1) is 6.45. The first-order valence-electron chi connectivity index (χ1n) is 4.68. The molecule has 70 valence electrons. The summed E-state index contributed by atoms with van der Waals surface area (Å²) >= 11 is 0. The van der Waals surface area contributed by atoms with Crippen LogP contribution < -0.4 is 5.32 Å². The summed E-state index contributed by atoms with van der Waals surface area (Å²) in [6, 6.07) is 5.89. The lowest BCUT2D eigenvalue weighted by Crippen LogP contribution is -2.14. The van der Waals surface area contributed by atoms with Crippen LogP contribution in [-0.2, 0) is 4.74 Å². The summed E-state index contributed by atoms with van der Waals surface area (Å²) in [5.74, 6) is 1.61. The van der Waals surface area contributed by atoms with Crippen LogP contribution in [0.2, 0.25) is 0 Å². The van der Waals surface area contributed by atoms with Gasteiger partial charge in [0.25, 0.3) is 0 Å².